The van der Waals surface area contributed by atoms with Crippen LogP contribution in [0.1, 0.15) is 44.7 Å². The molecule has 0 radical (unpaired) electrons. The lowest BCUT2D eigenvalue weighted by molar-refractivity contribution is -0.134. The molecule has 0 N–H and O–H groups in total. The molecule has 2 saturated heterocycles. The maximum Gasteiger partial charge on any atom is 0.222 e. The van der Waals surface area contributed by atoms with Crippen molar-refractivity contribution in [2.75, 3.05) is 26.2 Å². The van der Waals surface area contributed by atoms with Gasteiger partial charge in [-0.2, -0.15) is 0 Å². The van der Waals surface area contributed by atoms with Crippen LogP contribution < -0.4 is 0 Å². The molecule has 7 nitrogen and oxygen atoms in total. The number of rotatable bonds is 5. The van der Waals surface area contributed by atoms with E-state index in [-0.39, 0.29) is 11.8 Å². The van der Waals surface area contributed by atoms with E-state index in [9.17, 15) is 9.59 Å². The lowest BCUT2D eigenvalue weighted by Gasteiger charge is -2.35. The van der Waals surface area contributed by atoms with Gasteiger partial charge in [0.2, 0.25) is 11.8 Å². The molecule has 4 heterocycles. The van der Waals surface area contributed by atoms with Gasteiger partial charge in [-0.25, -0.2) is 4.98 Å². The van der Waals surface area contributed by atoms with E-state index in [1.807, 2.05) is 29.4 Å². The van der Waals surface area contributed by atoms with E-state index >= 15 is 0 Å². The molecule has 0 aliphatic carbocycles. The molecule has 0 bridgehead atoms. The summed E-state index contributed by atoms with van der Waals surface area (Å²) >= 11 is 0. The number of carbonyl (C=O) groups excluding carboxylic acids is 2. The van der Waals surface area contributed by atoms with Crippen LogP contribution in [0, 0.1) is 18.8 Å². The van der Waals surface area contributed by atoms with E-state index in [1.165, 1.54) is 0 Å². The summed E-state index contributed by atoms with van der Waals surface area (Å²) in [5, 5.41) is 0. The predicted octanol–water partition coefficient (Wildman–Crippen LogP) is 3.14. The fourth-order valence-electron chi connectivity index (χ4n) is 4.87. The summed E-state index contributed by atoms with van der Waals surface area (Å²) in [5.74, 6) is 2.37. The molecule has 2 aromatic rings. The van der Waals surface area contributed by atoms with Gasteiger partial charge in [0.25, 0.3) is 0 Å². The van der Waals surface area contributed by atoms with Crippen molar-refractivity contribution >= 4 is 11.8 Å². The molecule has 0 atom stereocenters. The monoisotopic (exact) mass is 423 g/mol. The van der Waals surface area contributed by atoms with Crippen molar-refractivity contribution in [2.24, 2.45) is 11.8 Å². The van der Waals surface area contributed by atoms with E-state index in [0.29, 0.717) is 18.3 Å². The Morgan fingerprint density at radius 3 is 2.32 bits per heavy atom. The molecule has 0 spiro atoms. The number of likely N-dealkylation sites (tertiary alicyclic amines) is 2. The van der Waals surface area contributed by atoms with Crippen LogP contribution >= 0.6 is 0 Å². The van der Waals surface area contributed by atoms with Gasteiger partial charge in [0.05, 0.1) is 0 Å². The Balaban J connectivity index is 1.28. The van der Waals surface area contributed by atoms with E-state index in [2.05, 4.69) is 26.4 Å². The second-order valence-corrected chi connectivity index (χ2v) is 9.05. The number of carbonyl (C=O) groups is 2. The number of aryl methyl sites for hydroxylation is 1. The molecular weight excluding hydrogens is 390 g/mol. The third-order valence-corrected chi connectivity index (χ3v) is 6.91. The summed E-state index contributed by atoms with van der Waals surface area (Å²) in [6, 6.07) is 3.99. The summed E-state index contributed by atoms with van der Waals surface area (Å²) < 4.78 is 2.29. The Kier molecular flexibility index (Phi) is 6.68. The van der Waals surface area contributed by atoms with Gasteiger partial charge in [0, 0.05) is 75.9 Å². The van der Waals surface area contributed by atoms with Crippen LogP contribution in [0.15, 0.2) is 30.7 Å². The molecule has 31 heavy (non-hydrogen) atoms. The smallest absolute Gasteiger partial charge is 0.222 e. The fraction of sp³-hybridized carbons (Fsp3) is 0.583. The van der Waals surface area contributed by atoms with Crippen LogP contribution in [0.3, 0.4) is 0 Å². The zero-order valence-corrected chi connectivity index (χ0v) is 18.7. The van der Waals surface area contributed by atoms with Crippen molar-refractivity contribution in [2.45, 2.75) is 52.5 Å². The standard InChI is InChI=1S/C24H33N5O2/c1-18-15-26-24(22-4-3-9-25-16-22)29(18)17-21-7-12-28(13-8-21)23(31)14-20-5-10-27(11-6-20)19(2)30/h3-4,9,15-16,20-21H,5-8,10-14,17H2,1-2H3. The second kappa shape index (κ2) is 9.62. The van der Waals surface area contributed by atoms with Crippen molar-refractivity contribution < 1.29 is 9.59 Å². The highest BCUT2D eigenvalue weighted by molar-refractivity contribution is 5.76. The molecule has 166 valence electrons. The zero-order valence-electron chi connectivity index (χ0n) is 18.7. The number of imidazole rings is 1. The van der Waals surface area contributed by atoms with Crippen LogP contribution in [0.2, 0.25) is 0 Å². The molecule has 0 aromatic carbocycles. The Morgan fingerprint density at radius 1 is 1.00 bits per heavy atom. The SMILES string of the molecule is CC(=O)N1CCC(CC(=O)N2CCC(Cn3c(C)cnc3-c3cccnc3)CC2)CC1. The van der Waals surface area contributed by atoms with Gasteiger partial charge in [0.15, 0.2) is 0 Å². The summed E-state index contributed by atoms with van der Waals surface area (Å²) in [7, 11) is 0. The van der Waals surface area contributed by atoms with Crippen LogP contribution in [-0.2, 0) is 16.1 Å². The first kappa shape index (κ1) is 21.5. The van der Waals surface area contributed by atoms with Crippen LogP contribution in [-0.4, -0.2) is 62.3 Å². The van der Waals surface area contributed by atoms with Gasteiger partial charge in [-0.3, -0.25) is 14.6 Å². The molecule has 2 fully saturated rings. The molecule has 2 aliphatic heterocycles. The molecule has 2 amide bonds. The Labute approximate surface area is 184 Å². The van der Waals surface area contributed by atoms with E-state index < -0.39 is 0 Å². The Bertz CT molecular complexity index is 894. The summed E-state index contributed by atoms with van der Waals surface area (Å²) in [6.07, 6.45) is 10.1. The maximum atomic E-state index is 12.8. The summed E-state index contributed by atoms with van der Waals surface area (Å²) in [5.41, 5.74) is 2.20. The van der Waals surface area contributed by atoms with E-state index in [0.717, 1.165) is 75.5 Å². The number of pyridine rings is 1. The number of hydrogen-bond acceptors (Lipinski definition) is 4. The number of aromatic nitrogens is 3. The first-order chi connectivity index (χ1) is 15.0. The fourth-order valence-corrected chi connectivity index (χ4v) is 4.87. The number of hydrogen-bond donors (Lipinski definition) is 0. The lowest BCUT2D eigenvalue weighted by Crippen LogP contribution is -2.42. The Hall–Kier alpha value is -2.70. The average molecular weight is 424 g/mol. The summed E-state index contributed by atoms with van der Waals surface area (Å²) in [4.78, 5) is 37.1. The largest absolute Gasteiger partial charge is 0.343 e. The summed E-state index contributed by atoms with van der Waals surface area (Å²) in [6.45, 7) is 7.92. The number of amides is 2. The van der Waals surface area contributed by atoms with Crippen LogP contribution in [0.5, 0.6) is 0 Å². The van der Waals surface area contributed by atoms with Gasteiger partial charge in [-0.1, -0.05) is 0 Å². The number of nitrogens with zero attached hydrogens (tertiary/aromatic N) is 5. The molecular formula is C24H33N5O2. The third-order valence-electron chi connectivity index (χ3n) is 6.91. The van der Waals surface area contributed by atoms with Crippen LogP contribution in [0.4, 0.5) is 0 Å². The van der Waals surface area contributed by atoms with E-state index in [1.54, 1.807) is 13.1 Å². The van der Waals surface area contributed by atoms with Crippen molar-refractivity contribution in [3.8, 4) is 11.4 Å². The first-order valence-corrected chi connectivity index (χ1v) is 11.5. The molecule has 2 aliphatic rings. The lowest BCUT2D eigenvalue weighted by atomic mass is 9.91. The Morgan fingerprint density at radius 2 is 1.68 bits per heavy atom. The molecule has 0 saturated carbocycles. The highest BCUT2D eigenvalue weighted by Gasteiger charge is 2.28. The minimum absolute atomic E-state index is 0.145. The maximum absolute atomic E-state index is 12.8. The first-order valence-electron chi connectivity index (χ1n) is 11.5. The van der Waals surface area contributed by atoms with Crippen molar-refractivity contribution in [1.29, 1.82) is 0 Å². The van der Waals surface area contributed by atoms with Crippen molar-refractivity contribution in [3.05, 3.63) is 36.4 Å². The van der Waals surface area contributed by atoms with Crippen molar-refractivity contribution in [3.63, 3.8) is 0 Å². The topological polar surface area (TPSA) is 71.3 Å². The molecule has 7 heteroatoms. The van der Waals surface area contributed by atoms with E-state index in [4.69, 9.17) is 0 Å². The highest BCUT2D eigenvalue weighted by atomic mass is 16.2. The van der Waals surface area contributed by atoms with Gasteiger partial charge in [0.1, 0.15) is 5.82 Å². The third kappa shape index (κ3) is 5.14. The van der Waals surface area contributed by atoms with Crippen molar-refractivity contribution in [1.82, 2.24) is 24.3 Å². The van der Waals surface area contributed by atoms with Gasteiger partial charge < -0.3 is 14.4 Å². The quantitative estimate of drug-likeness (QED) is 0.741. The number of piperidine rings is 2. The van der Waals surface area contributed by atoms with Gasteiger partial charge in [-0.05, 0) is 56.6 Å². The normalized spacial score (nSPS) is 18.4. The van der Waals surface area contributed by atoms with Crippen LogP contribution in [0.25, 0.3) is 11.4 Å². The second-order valence-electron chi connectivity index (χ2n) is 9.05. The molecule has 4 rings (SSSR count). The highest BCUT2D eigenvalue weighted by Crippen LogP contribution is 2.26. The zero-order chi connectivity index (χ0) is 21.8. The minimum Gasteiger partial charge on any atom is -0.343 e. The molecule has 0 unspecified atom stereocenters. The molecule has 2 aromatic heterocycles. The average Bonchev–Trinajstić information content (AvgIpc) is 3.15. The van der Waals surface area contributed by atoms with Gasteiger partial charge in [-0.15, -0.1) is 0 Å². The minimum atomic E-state index is 0.145. The van der Waals surface area contributed by atoms with Gasteiger partial charge >= 0.3 is 0 Å². The predicted molar refractivity (Wildman–Crippen MR) is 119 cm³/mol.